The maximum atomic E-state index is 13.1. The Morgan fingerprint density at radius 3 is 2.22 bits per heavy atom. The lowest BCUT2D eigenvalue weighted by Gasteiger charge is -2.40. The lowest BCUT2D eigenvalue weighted by molar-refractivity contribution is -0.192. The largest absolute Gasteiger partial charge is 0.494 e. The highest BCUT2D eigenvalue weighted by atomic mass is 19.4. The van der Waals surface area contributed by atoms with Crippen molar-refractivity contribution in [3.05, 3.63) is 54.1 Å². The first-order chi connectivity index (χ1) is 15.2. The molecule has 172 valence electrons. The fourth-order valence-electron chi connectivity index (χ4n) is 3.85. The molecule has 0 radical (unpaired) electrons. The zero-order chi connectivity index (χ0) is 22.9. The number of hydrogen-bond acceptors (Lipinski definition) is 4. The van der Waals surface area contributed by atoms with Gasteiger partial charge in [-0.05, 0) is 68.7 Å². The van der Waals surface area contributed by atoms with Gasteiger partial charge in [0.1, 0.15) is 23.0 Å². The Labute approximate surface area is 185 Å². The molecule has 1 heterocycles. The van der Waals surface area contributed by atoms with Gasteiger partial charge < -0.3 is 19.7 Å². The van der Waals surface area contributed by atoms with Crippen LogP contribution in [0.4, 0.5) is 18.9 Å². The molecule has 2 fully saturated rings. The summed E-state index contributed by atoms with van der Waals surface area (Å²) in [6, 6.07) is 14.5. The number of rotatable bonds is 8. The van der Waals surface area contributed by atoms with Gasteiger partial charge in [0.15, 0.2) is 0 Å². The summed E-state index contributed by atoms with van der Waals surface area (Å²) in [5, 5.41) is 2.51. The number of nitrogens with one attached hydrogen (secondary N) is 1. The molecular formula is C24H27F3N2O3. The molecule has 5 nitrogen and oxygen atoms in total. The number of hydrogen-bond donors (Lipinski definition) is 1. The number of amides is 1. The van der Waals surface area contributed by atoms with Crippen LogP contribution in [0.15, 0.2) is 48.5 Å². The third-order valence-electron chi connectivity index (χ3n) is 6.12. The van der Waals surface area contributed by atoms with Crippen LogP contribution in [0.25, 0.3) is 0 Å². The van der Waals surface area contributed by atoms with E-state index in [0.29, 0.717) is 12.4 Å². The van der Waals surface area contributed by atoms with Crippen LogP contribution in [0.1, 0.15) is 38.3 Å². The van der Waals surface area contributed by atoms with E-state index in [-0.39, 0.29) is 18.9 Å². The fraction of sp³-hybridized carbons (Fsp3) is 0.458. The van der Waals surface area contributed by atoms with Crippen LogP contribution < -0.4 is 19.7 Å². The number of alkyl halides is 3. The summed E-state index contributed by atoms with van der Waals surface area (Å²) in [5.74, 6) is 0.597. The smallest absolute Gasteiger partial charge is 0.403 e. The van der Waals surface area contributed by atoms with Crippen LogP contribution in [-0.4, -0.2) is 37.9 Å². The number of nitrogens with zero attached hydrogens (tertiary/aromatic N) is 1. The molecule has 0 spiro atoms. The summed E-state index contributed by atoms with van der Waals surface area (Å²) < 4.78 is 50.8. The Morgan fingerprint density at radius 1 is 1.09 bits per heavy atom. The number of carbonyl (C=O) groups excluding carboxylic acids is 1. The first-order valence-corrected chi connectivity index (χ1v) is 10.8. The van der Waals surface area contributed by atoms with E-state index in [1.54, 1.807) is 31.2 Å². The predicted molar refractivity (Wildman–Crippen MR) is 115 cm³/mol. The molecular weight excluding hydrogens is 421 g/mol. The second-order valence-corrected chi connectivity index (χ2v) is 8.42. The van der Waals surface area contributed by atoms with Crippen molar-refractivity contribution in [1.82, 2.24) is 5.32 Å². The fourth-order valence-corrected chi connectivity index (χ4v) is 3.85. The molecule has 1 aliphatic carbocycles. The number of halogens is 3. The van der Waals surface area contributed by atoms with E-state index in [4.69, 9.17) is 9.47 Å². The lowest BCUT2D eigenvalue weighted by atomic mass is 10.0. The van der Waals surface area contributed by atoms with Gasteiger partial charge in [0.2, 0.25) is 5.91 Å². The van der Waals surface area contributed by atoms with E-state index in [1.807, 2.05) is 31.2 Å². The first kappa shape index (κ1) is 22.3. The van der Waals surface area contributed by atoms with E-state index < -0.39 is 23.5 Å². The van der Waals surface area contributed by atoms with Gasteiger partial charge in [-0.15, -0.1) is 0 Å². The molecule has 1 amide bonds. The molecule has 4 rings (SSSR count). The Morgan fingerprint density at radius 2 is 1.69 bits per heavy atom. The number of carbonyl (C=O) groups is 1. The minimum absolute atomic E-state index is 0.0612. The van der Waals surface area contributed by atoms with E-state index in [2.05, 4.69) is 10.2 Å². The molecule has 1 saturated carbocycles. The third kappa shape index (κ3) is 4.49. The van der Waals surface area contributed by atoms with E-state index in [1.165, 1.54) is 0 Å². The molecule has 1 N–H and O–H groups in total. The van der Waals surface area contributed by atoms with Crippen molar-refractivity contribution in [2.24, 2.45) is 5.41 Å². The molecule has 2 aliphatic rings. The second kappa shape index (κ2) is 8.56. The molecule has 2 aromatic rings. The SMILES string of the molecule is CCOc1ccc(N2CC(Oc3ccc(C(C)NC(=O)C4(C(F)(F)F)CC4)cc3)C2)cc1. The van der Waals surface area contributed by atoms with Gasteiger partial charge in [-0.25, -0.2) is 0 Å². The van der Waals surface area contributed by atoms with Crippen LogP contribution in [-0.2, 0) is 4.79 Å². The minimum Gasteiger partial charge on any atom is -0.494 e. The quantitative estimate of drug-likeness (QED) is 0.626. The first-order valence-electron chi connectivity index (χ1n) is 10.8. The van der Waals surface area contributed by atoms with Crippen molar-refractivity contribution < 1.29 is 27.4 Å². The normalized spacial score (nSPS) is 18.5. The van der Waals surface area contributed by atoms with Crippen molar-refractivity contribution in [2.75, 3.05) is 24.6 Å². The third-order valence-corrected chi connectivity index (χ3v) is 6.12. The molecule has 8 heteroatoms. The molecule has 1 atom stereocenters. The Bertz CT molecular complexity index is 934. The zero-order valence-corrected chi connectivity index (χ0v) is 18.1. The standard InChI is InChI=1S/C24H27F3N2O3/c1-3-31-19-10-6-18(7-11-19)29-14-21(15-29)32-20-8-4-17(5-9-20)16(2)28-22(30)23(12-13-23)24(25,26)27/h4-11,16,21H,3,12-15H2,1-2H3,(H,28,30). The van der Waals surface area contributed by atoms with Crippen LogP contribution >= 0.6 is 0 Å². The Hall–Kier alpha value is -2.90. The van der Waals surface area contributed by atoms with Gasteiger partial charge in [0.05, 0.1) is 25.7 Å². The average Bonchev–Trinajstić information content (AvgIpc) is 3.54. The van der Waals surface area contributed by atoms with Gasteiger partial charge in [0.25, 0.3) is 0 Å². The van der Waals surface area contributed by atoms with Crippen molar-refractivity contribution in [1.29, 1.82) is 0 Å². The van der Waals surface area contributed by atoms with Crippen LogP contribution in [0.5, 0.6) is 11.5 Å². The van der Waals surface area contributed by atoms with Crippen molar-refractivity contribution in [3.8, 4) is 11.5 Å². The van der Waals surface area contributed by atoms with E-state index in [9.17, 15) is 18.0 Å². The highest BCUT2D eigenvalue weighted by Gasteiger charge is 2.68. The van der Waals surface area contributed by atoms with Gasteiger partial charge in [-0.1, -0.05) is 12.1 Å². The molecule has 1 saturated heterocycles. The molecule has 0 aromatic heterocycles. The van der Waals surface area contributed by atoms with E-state index >= 15 is 0 Å². The van der Waals surface area contributed by atoms with Crippen molar-refractivity contribution >= 4 is 11.6 Å². The summed E-state index contributed by atoms with van der Waals surface area (Å²) in [7, 11) is 0. The highest BCUT2D eigenvalue weighted by Crippen LogP contribution is 2.57. The van der Waals surface area contributed by atoms with Gasteiger partial charge in [0, 0.05) is 5.69 Å². The molecule has 1 aliphatic heterocycles. The Kier molecular flexibility index (Phi) is 5.97. The topological polar surface area (TPSA) is 50.8 Å². The van der Waals surface area contributed by atoms with Crippen LogP contribution in [0.2, 0.25) is 0 Å². The molecule has 1 unspecified atom stereocenters. The van der Waals surface area contributed by atoms with Gasteiger partial charge >= 0.3 is 6.18 Å². The van der Waals surface area contributed by atoms with Crippen LogP contribution in [0.3, 0.4) is 0 Å². The number of anilines is 1. The average molecular weight is 448 g/mol. The molecule has 0 bridgehead atoms. The van der Waals surface area contributed by atoms with Gasteiger partial charge in [-0.2, -0.15) is 13.2 Å². The van der Waals surface area contributed by atoms with E-state index in [0.717, 1.165) is 30.1 Å². The summed E-state index contributed by atoms with van der Waals surface area (Å²) in [4.78, 5) is 14.4. The van der Waals surface area contributed by atoms with Crippen molar-refractivity contribution in [2.45, 2.75) is 45.0 Å². The summed E-state index contributed by atoms with van der Waals surface area (Å²) in [5.41, 5.74) is -0.363. The maximum absolute atomic E-state index is 13.1. The summed E-state index contributed by atoms with van der Waals surface area (Å²) in [6.45, 7) is 5.80. The van der Waals surface area contributed by atoms with Crippen LogP contribution in [0, 0.1) is 5.41 Å². The lowest BCUT2D eigenvalue weighted by Crippen LogP contribution is -2.54. The van der Waals surface area contributed by atoms with Gasteiger partial charge in [-0.3, -0.25) is 4.79 Å². The molecule has 32 heavy (non-hydrogen) atoms. The predicted octanol–water partition coefficient (Wildman–Crippen LogP) is 4.87. The van der Waals surface area contributed by atoms with Crippen molar-refractivity contribution in [3.63, 3.8) is 0 Å². The Balaban J connectivity index is 1.26. The molecule has 2 aromatic carbocycles. The maximum Gasteiger partial charge on any atom is 0.403 e. The number of benzene rings is 2. The minimum atomic E-state index is -4.50. The second-order valence-electron chi connectivity index (χ2n) is 8.42. The zero-order valence-electron chi connectivity index (χ0n) is 18.1. The summed E-state index contributed by atoms with van der Waals surface area (Å²) in [6.07, 6.45) is -4.73. The number of ether oxygens (including phenoxy) is 2. The monoisotopic (exact) mass is 448 g/mol. The highest BCUT2D eigenvalue weighted by molar-refractivity contribution is 5.86. The summed E-state index contributed by atoms with van der Waals surface area (Å²) >= 11 is 0.